The molecule has 0 aliphatic carbocycles. The van der Waals surface area contributed by atoms with Gasteiger partial charge in [0.2, 0.25) is 0 Å². The molecule has 2 aromatic heterocycles. The minimum Gasteiger partial charge on any atom is -0.351 e. The predicted octanol–water partition coefficient (Wildman–Crippen LogP) is 3.07. The van der Waals surface area contributed by atoms with Gasteiger partial charge in [-0.3, -0.25) is 9.78 Å². The number of piperidine rings is 1. The van der Waals surface area contributed by atoms with Crippen LogP contribution < -0.4 is 5.32 Å². The third-order valence-electron chi connectivity index (χ3n) is 6.25. The number of aryl methyl sites for hydroxylation is 2. The second-order valence-corrected chi connectivity index (χ2v) is 10.9. The number of imidazole rings is 1. The Morgan fingerprint density at radius 2 is 1.97 bits per heavy atom. The zero-order valence-corrected chi connectivity index (χ0v) is 20.4. The Morgan fingerprint density at radius 3 is 2.59 bits per heavy atom. The summed E-state index contributed by atoms with van der Waals surface area (Å²) in [5, 5.41) is 3.41. The van der Waals surface area contributed by atoms with Crippen molar-refractivity contribution in [2.45, 2.75) is 30.2 Å². The van der Waals surface area contributed by atoms with Crippen LogP contribution in [0.2, 0.25) is 5.02 Å². The van der Waals surface area contributed by atoms with E-state index >= 15 is 0 Å². The first kappa shape index (κ1) is 24.3. The second-order valence-electron chi connectivity index (χ2n) is 8.54. The highest BCUT2D eigenvalue weighted by Crippen LogP contribution is 2.37. The largest absolute Gasteiger partial charge is 0.351 e. The first-order valence-electron chi connectivity index (χ1n) is 10.8. The lowest BCUT2D eigenvalue weighted by molar-refractivity contribution is 0.0930. The Morgan fingerprint density at radius 1 is 1.24 bits per heavy atom. The van der Waals surface area contributed by atoms with Gasteiger partial charge in [0.05, 0.1) is 12.0 Å². The van der Waals surface area contributed by atoms with Crippen LogP contribution in [0.25, 0.3) is 0 Å². The van der Waals surface area contributed by atoms with Gasteiger partial charge in [-0.15, -0.1) is 0 Å². The molecule has 1 fully saturated rings. The molecule has 3 heterocycles. The van der Waals surface area contributed by atoms with Gasteiger partial charge >= 0.3 is 0 Å². The molecule has 0 spiro atoms. The normalized spacial score (nSPS) is 16.4. The van der Waals surface area contributed by atoms with E-state index < -0.39 is 21.3 Å². The van der Waals surface area contributed by atoms with Crippen LogP contribution in [-0.2, 0) is 22.5 Å². The Bertz CT molecular complexity index is 1320. The highest BCUT2D eigenvalue weighted by Gasteiger charge is 2.43. The predicted molar refractivity (Wildman–Crippen MR) is 126 cm³/mol. The van der Waals surface area contributed by atoms with Crippen molar-refractivity contribution < 1.29 is 17.6 Å². The van der Waals surface area contributed by atoms with Crippen molar-refractivity contribution in [2.24, 2.45) is 7.05 Å². The van der Waals surface area contributed by atoms with Crippen molar-refractivity contribution in [2.75, 3.05) is 19.6 Å². The van der Waals surface area contributed by atoms with Crippen LogP contribution >= 0.6 is 11.6 Å². The molecule has 1 saturated heterocycles. The number of nitrogens with zero attached hydrogens (tertiary/aromatic N) is 4. The Kier molecular flexibility index (Phi) is 6.75. The van der Waals surface area contributed by atoms with E-state index in [1.54, 1.807) is 36.7 Å². The SMILES string of the molecule is Cc1cc(Cl)ccc1C(=O)NCC1(c2ncccc2F)CCN(S(=O)(=O)c2cn(C)cn2)CC1. The van der Waals surface area contributed by atoms with Gasteiger partial charge in [-0.1, -0.05) is 11.6 Å². The molecule has 0 atom stereocenters. The number of sulfonamides is 1. The number of aromatic nitrogens is 3. The molecule has 1 aliphatic heterocycles. The molecule has 8 nitrogen and oxygen atoms in total. The van der Waals surface area contributed by atoms with E-state index in [2.05, 4.69) is 15.3 Å². The quantitative estimate of drug-likeness (QED) is 0.555. The number of halogens is 2. The van der Waals surface area contributed by atoms with Gasteiger partial charge < -0.3 is 9.88 Å². The minimum absolute atomic E-state index is 0.0296. The number of pyridine rings is 1. The number of hydrogen-bond acceptors (Lipinski definition) is 5. The molecule has 11 heteroatoms. The molecular weight excluding hydrogens is 481 g/mol. The monoisotopic (exact) mass is 505 g/mol. The van der Waals surface area contributed by atoms with Gasteiger partial charge in [-0.05, 0) is 55.7 Å². The summed E-state index contributed by atoms with van der Waals surface area (Å²) in [6.07, 6.45) is 4.95. The zero-order chi connectivity index (χ0) is 24.5. The highest BCUT2D eigenvalue weighted by molar-refractivity contribution is 7.89. The molecule has 0 unspecified atom stereocenters. The lowest BCUT2D eigenvalue weighted by Gasteiger charge is -2.40. The third-order valence-corrected chi connectivity index (χ3v) is 8.27. The molecule has 3 aromatic rings. The molecule has 0 bridgehead atoms. The van der Waals surface area contributed by atoms with Crippen LogP contribution in [0, 0.1) is 12.7 Å². The maximum atomic E-state index is 14.8. The molecule has 1 amide bonds. The van der Waals surface area contributed by atoms with Gasteiger partial charge in [0.25, 0.3) is 15.9 Å². The topological polar surface area (TPSA) is 97.2 Å². The maximum Gasteiger partial charge on any atom is 0.262 e. The Hall–Kier alpha value is -2.82. The van der Waals surface area contributed by atoms with Crippen LogP contribution in [-0.4, -0.2) is 52.8 Å². The van der Waals surface area contributed by atoms with Gasteiger partial charge in [0.15, 0.2) is 5.03 Å². The van der Waals surface area contributed by atoms with Gasteiger partial charge in [-0.2, -0.15) is 4.31 Å². The third kappa shape index (κ3) is 4.70. The summed E-state index contributed by atoms with van der Waals surface area (Å²) in [4.78, 5) is 21.2. The van der Waals surface area contributed by atoms with E-state index in [1.165, 1.54) is 35.2 Å². The van der Waals surface area contributed by atoms with Crippen molar-refractivity contribution in [1.82, 2.24) is 24.2 Å². The molecule has 34 heavy (non-hydrogen) atoms. The first-order valence-corrected chi connectivity index (χ1v) is 12.6. The molecule has 0 radical (unpaired) electrons. The van der Waals surface area contributed by atoms with E-state index in [4.69, 9.17) is 11.6 Å². The van der Waals surface area contributed by atoms with Crippen molar-refractivity contribution in [3.8, 4) is 0 Å². The van der Waals surface area contributed by atoms with Crippen LogP contribution in [0.4, 0.5) is 4.39 Å². The molecular formula is C23H25ClFN5O3S. The second kappa shape index (κ2) is 9.44. The van der Waals surface area contributed by atoms with Crippen molar-refractivity contribution in [3.05, 3.63) is 76.7 Å². The van der Waals surface area contributed by atoms with E-state index in [0.717, 1.165) is 5.56 Å². The Balaban J connectivity index is 1.57. The number of hydrogen-bond donors (Lipinski definition) is 1. The summed E-state index contributed by atoms with van der Waals surface area (Å²) >= 11 is 5.99. The van der Waals surface area contributed by atoms with Crippen molar-refractivity contribution in [1.29, 1.82) is 0 Å². The van der Waals surface area contributed by atoms with Gasteiger partial charge in [-0.25, -0.2) is 17.8 Å². The van der Waals surface area contributed by atoms with Crippen LogP contribution in [0.1, 0.15) is 34.5 Å². The number of amides is 1. The van der Waals surface area contributed by atoms with Crippen molar-refractivity contribution in [3.63, 3.8) is 0 Å². The summed E-state index contributed by atoms with van der Waals surface area (Å²) in [6, 6.07) is 7.81. The summed E-state index contributed by atoms with van der Waals surface area (Å²) in [5.41, 5.74) is 0.547. The fraction of sp³-hybridized carbons (Fsp3) is 0.348. The molecule has 1 N–H and O–H groups in total. The fourth-order valence-electron chi connectivity index (χ4n) is 4.31. The Labute approximate surface area is 202 Å². The van der Waals surface area contributed by atoms with E-state index in [9.17, 15) is 17.6 Å². The minimum atomic E-state index is -3.78. The van der Waals surface area contributed by atoms with E-state index in [1.807, 2.05) is 0 Å². The van der Waals surface area contributed by atoms with Gasteiger partial charge in [0, 0.05) is 55.1 Å². The summed E-state index contributed by atoms with van der Waals surface area (Å²) in [7, 11) is -2.08. The summed E-state index contributed by atoms with van der Waals surface area (Å²) in [5.74, 6) is -0.797. The number of nitrogens with one attached hydrogen (secondary N) is 1. The molecule has 1 aliphatic rings. The van der Waals surface area contributed by atoms with E-state index in [-0.39, 0.29) is 49.1 Å². The van der Waals surface area contributed by atoms with Crippen LogP contribution in [0.15, 0.2) is 54.1 Å². The molecule has 180 valence electrons. The average Bonchev–Trinajstić information content (AvgIpc) is 3.25. The zero-order valence-electron chi connectivity index (χ0n) is 18.8. The number of carbonyl (C=O) groups is 1. The lowest BCUT2D eigenvalue weighted by Crippen LogP contribution is -2.51. The average molecular weight is 506 g/mol. The molecule has 1 aromatic carbocycles. The summed E-state index contributed by atoms with van der Waals surface area (Å²) < 4.78 is 43.8. The summed E-state index contributed by atoms with van der Waals surface area (Å²) in [6.45, 7) is 2.19. The maximum absolute atomic E-state index is 14.8. The first-order chi connectivity index (χ1) is 16.1. The number of carbonyl (C=O) groups excluding carboxylic acids is 1. The van der Waals surface area contributed by atoms with Crippen LogP contribution in [0.3, 0.4) is 0 Å². The highest BCUT2D eigenvalue weighted by atomic mass is 35.5. The van der Waals surface area contributed by atoms with E-state index in [0.29, 0.717) is 10.6 Å². The number of rotatable bonds is 6. The van der Waals surface area contributed by atoms with Crippen LogP contribution in [0.5, 0.6) is 0 Å². The number of benzene rings is 1. The standard InChI is InChI=1S/C23H25ClFN5O3S/c1-16-12-17(24)5-6-18(16)22(31)27-14-23(21-19(25)4-3-9-26-21)7-10-30(11-8-23)34(32,33)20-13-29(2)15-28-20/h3-6,9,12-13,15H,7-8,10-11,14H2,1-2H3,(H,27,31). The molecule has 0 saturated carbocycles. The lowest BCUT2D eigenvalue weighted by atomic mass is 9.75. The molecule has 4 rings (SSSR count). The smallest absolute Gasteiger partial charge is 0.262 e. The fourth-order valence-corrected chi connectivity index (χ4v) is 5.94. The van der Waals surface area contributed by atoms with Crippen molar-refractivity contribution >= 4 is 27.5 Å². The van der Waals surface area contributed by atoms with Gasteiger partial charge in [0.1, 0.15) is 5.82 Å².